The smallest absolute Gasteiger partial charge is 0.161 e. The van der Waals surface area contributed by atoms with E-state index in [1.807, 2.05) is 49.4 Å². The Labute approximate surface area is 165 Å². The van der Waals surface area contributed by atoms with Gasteiger partial charge in [0.2, 0.25) is 0 Å². The highest BCUT2D eigenvalue weighted by molar-refractivity contribution is 6.30. The molecule has 140 valence electrons. The predicted octanol–water partition coefficient (Wildman–Crippen LogP) is 6.24. The second-order valence-electron chi connectivity index (χ2n) is 6.35. The molecule has 0 unspecified atom stereocenters. The molecule has 0 aromatic heterocycles. The summed E-state index contributed by atoms with van der Waals surface area (Å²) in [7, 11) is 0. The average Bonchev–Trinajstić information content (AvgIpc) is 2.67. The summed E-state index contributed by atoms with van der Waals surface area (Å²) in [4.78, 5) is 0. The normalized spacial score (nSPS) is 10.5. The molecule has 0 amide bonds. The zero-order chi connectivity index (χ0) is 19.1. The van der Waals surface area contributed by atoms with Gasteiger partial charge in [-0.05, 0) is 55.3 Å². The number of hydrogen-bond donors (Lipinski definition) is 1. The molecule has 0 saturated heterocycles. The maximum Gasteiger partial charge on any atom is 0.161 e. The first-order valence-electron chi connectivity index (χ1n) is 9.07. The van der Waals surface area contributed by atoms with Crippen LogP contribution in [0.4, 0.5) is 5.69 Å². The van der Waals surface area contributed by atoms with E-state index in [2.05, 4.69) is 36.5 Å². The van der Waals surface area contributed by atoms with Gasteiger partial charge < -0.3 is 14.8 Å². The van der Waals surface area contributed by atoms with Crippen LogP contribution in [0.1, 0.15) is 23.6 Å². The van der Waals surface area contributed by atoms with Crippen LogP contribution in [0.5, 0.6) is 11.5 Å². The number of rotatable bonds is 8. The van der Waals surface area contributed by atoms with Crippen molar-refractivity contribution < 1.29 is 9.47 Å². The van der Waals surface area contributed by atoms with Crippen molar-refractivity contribution in [3.05, 3.63) is 88.4 Å². The van der Waals surface area contributed by atoms with Gasteiger partial charge in [-0.25, -0.2) is 0 Å². The Morgan fingerprint density at radius 1 is 0.852 bits per heavy atom. The van der Waals surface area contributed by atoms with Gasteiger partial charge in [-0.15, -0.1) is 0 Å². The SMILES string of the molecule is CCOc1cc(CNc2cccc(Cl)c2)ccc1OCc1ccc(C)cc1. The van der Waals surface area contributed by atoms with Gasteiger partial charge in [-0.1, -0.05) is 53.6 Å². The monoisotopic (exact) mass is 381 g/mol. The Morgan fingerprint density at radius 3 is 2.37 bits per heavy atom. The lowest BCUT2D eigenvalue weighted by Crippen LogP contribution is -2.03. The molecular formula is C23H24ClNO2. The van der Waals surface area contributed by atoms with Crippen LogP contribution < -0.4 is 14.8 Å². The highest BCUT2D eigenvalue weighted by Crippen LogP contribution is 2.30. The number of hydrogen-bond acceptors (Lipinski definition) is 3. The Balaban J connectivity index is 1.67. The van der Waals surface area contributed by atoms with Crippen LogP contribution in [-0.4, -0.2) is 6.61 Å². The molecule has 0 fully saturated rings. The zero-order valence-electron chi connectivity index (χ0n) is 15.7. The first-order valence-corrected chi connectivity index (χ1v) is 9.45. The van der Waals surface area contributed by atoms with E-state index < -0.39 is 0 Å². The molecule has 3 aromatic rings. The third-order valence-electron chi connectivity index (χ3n) is 4.14. The lowest BCUT2D eigenvalue weighted by atomic mass is 10.1. The summed E-state index contributed by atoms with van der Waals surface area (Å²) in [6.07, 6.45) is 0. The third kappa shape index (κ3) is 5.66. The molecule has 0 heterocycles. The molecule has 0 radical (unpaired) electrons. The minimum atomic E-state index is 0.514. The van der Waals surface area contributed by atoms with Gasteiger partial charge in [0.1, 0.15) is 6.61 Å². The van der Waals surface area contributed by atoms with Gasteiger partial charge in [0.05, 0.1) is 6.61 Å². The van der Waals surface area contributed by atoms with Gasteiger partial charge in [0, 0.05) is 17.3 Å². The minimum Gasteiger partial charge on any atom is -0.490 e. The standard InChI is InChI=1S/C23H24ClNO2/c1-3-26-23-13-19(15-25-21-6-4-5-20(24)14-21)11-12-22(23)27-16-18-9-7-17(2)8-10-18/h4-14,25H,3,15-16H2,1-2H3. The number of halogens is 1. The minimum absolute atomic E-state index is 0.514. The Morgan fingerprint density at radius 2 is 1.63 bits per heavy atom. The maximum absolute atomic E-state index is 6.03. The van der Waals surface area contributed by atoms with Gasteiger partial charge in [-0.2, -0.15) is 0 Å². The van der Waals surface area contributed by atoms with Gasteiger partial charge in [0.15, 0.2) is 11.5 Å². The van der Waals surface area contributed by atoms with Crippen LogP contribution in [0, 0.1) is 6.92 Å². The fourth-order valence-electron chi connectivity index (χ4n) is 2.70. The van der Waals surface area contributed by atoms with Gasteiger partial charge in [-0.3, -0.25) is 0 Å². The molecule has 3 aromatic carbocycles. The molecule has 0 atom stereocenters. The van der Waals surface area contributed by atoms with Crippen molar-refractivity contribution in [2.24, 2.45) is 0 Å². The average molecular weight is 382 g/mol. The van der Waals surface area contributed by atoms with Crippen molar-refractivity contribution in [1.82, 2.24) is 0 Å². The van der Waals surface area contributed by atoms with Crippen molar-refractivity contribution in [3.63, 3.8) is 0 Å². The molecule has 3 rings (SSSR count). The molecule has 0 spiro atoms. The molecule has 0 aliphatic rings. The largest absolute Gasteiger partial charge is 0.490 e. The summed E-state index contributed by atoms with van der Waals surface area (Å²) in [5.74, 6) is 1.51. The molecule has 3 nitrogen and oxygen atoms in total. The first kappa shape index (κ1) is 19.1. The summed E-state index contributed by atoms with van der Waals surface area (Å²) in [6.45, 7) is 5.83. The predicted molar refractivity (Wildman–Crippen MR) is 112 cm³/mol. The zero-order valence-corrected chi connectivity index (χ0v) is 16.4. The summed E-state index contributed by atoms with van der Waals surface area (Å²) < 4.78 is 11.8. The van der Waals surface area contributed by atoms with E-state index in [1.165, 1.54) is 5.56 Å². The molecule has 4 heteroatoms. The summed E-state index contributed by atoms with van der Waals surface area (Å²) in [5, 5.41) is 4.09. The van der Waals surface area contributed by atoms with Crippen LogP contribution in [0.3, 0.4) is 0 Å². The molecule has 27 heavy (non-hydrogen) atoms. The van der Waals surface area contributed by atoms with Crippen molar-refractivity contribution in [3.8, 4) is 11.5 Å². The summed E-state index contributed by atoms with van der Waals surface area (Å²) in [5.41, 5.74) is 4.47. The van der Waals surface area contributed by atoms with E-state index in [4.69, 9.17) is 21.1 Å². The van der Waals surface area contributed by atoms with Crippen molar-refractivity contribution in [2.45, 2.75) is 27.0 Å². The van der Waals surface area contributed by atoms with Crippen LogP contribution in [0.15, 0.2) is 66.7 Å². The van der Waals surface area contributed by atoms with Gasteiger partial charge >= 0.3 is 0 Å². The molecular weight excluding hydrogens is 358 g/mol. The number of anilines is 1. The highest BCUT2D eigenvalue weighted by Gasteiger charge is 2.07. The lowest BCUT2D eigenvalue weighted by molar-refractivity contribution is 0.269. The number of ether oxygens (including phenoxy) is 2. The molecule has 0 bridgehead atoms. The molecule has 1 N–H and O–H groups in total. The van der Waals surface area contributed by atoms with E-state index in [0.717, 1.165) is 33.3 Å². The van der Waals surface area contributed by atoms with Crippen molar-refractivity contribution >= 4 is 17.3 Å². The number of nitrogens with one attached hydrogen (secondary N) is 1. The van der Waals surface area contributed by atoms with Crippen LogP contribution in [-0.2, 0) is 13.2 Å². The third-order valence-corrected chi connectivity index (χ3v) is 4.38. The fraction of sp³-hybridized carbons (Fsp3) is 0.217. The Bertz CT molecular complexity index is 878. The van der Waals surface area contributed by atoms with Crippen molar-refractivity contribution in [2.75, 3.05) is 11.9 Å². The lowest BCUT2D eigenvalue weighted by Gasteiger charge is -2.14. The summed E-state index contributed by atoms with van der Waals surface area (Å²) >= 11 is 6.03. The fourth-order valence-corrected chi connectivity index (χ4v) is 2.89. The van der Waals surface area contributed by atoms with E-state index >= 15 is 0 Å². The number of aryl methyl sites for hydroxylation is 1. The van der Waals surface area contributed by atoms with E-state index in [9.17, 15) is 0 Å². The van der Waals surface area contributed by atoms with Crippen LogP contribution in [0.25, 0.3) is 0 Å². The van der Waals surface area contributed by atoms with Crippen LogP contribution >= 0.6 is 11.6 Å². The molecule has 0 saturated carbocycles. The van der Waals surface area contributed by atoms with Crippen molar-refractivity contribution in [1.29, 1.82) is 0 Å². The van der Waals surface area contributed by atoms with Gasteiger partial charge in [0.25, 0.3) is 0 Å². The second kappa shape index (κ2) is 9.33. The molecule has 0 aliphatic carbocycles. The van der Waals surface area contributed by atoms with E-state index in [0.29, 0.717) is 19.8 Å². The van der Waals surface area contributed by atoms with E-state index in [-0.39, 0.29) is 0 Å². The highest BCUT2D eigenvalue weighted by atomic mass is 35.5. The van der Waals surface area contributed by atoms with E-state index in [1.54, 1.807) is 0 Å². The number of benzene rings is 3. The first-order chi connectivity index (χ1) is 13.1. The Hall–Kier alpha value is -2.65. The van der Waals surface area contributed by atoms with Crippen LogP contribution in [0.2, 0.25) is 5.02 Å². The quantitative estimate of drug-likeness (QED) is 0.501. The second-order valence-corrected chi connectivity index (χ2v) is 6.79. The Kier molecular flexibility index (Phi) is 6.61. The topological polar surface area (TPSA) is 30.5 Å². The maximum atomic E-state index is 6.03. The molecule has 0 aliphatic heterocycles. The summed E-state index contributed by atoms with van der Waals surface area (Å²) in [6, 6.07) is 22.1.